The van der Waals surface area contributed by atoms with Crippen molar-refractivity contribution in [2.24, 2.45) is 21.7 Å². The highest BCUT2D eigenvalue weighted by Crippen LogP contribution is 2.26. The molecule has 1 amide bonds. The number of nitrogens with zero attached hydrogens (tertiary/aromatic N) is 5. The van der Waals surface area contributed by atoms with Gasteiger partial charge >= 0.3 is 11.7 Å². The van der Waals surface area contributed by atoms with Crippen molar-refractivity contribution in [3.8, 4) is 11.8 Å². The molecular formula is C21H19N6O4+. The van der Waals surface area contributed by atoms with Crippen LogP contribution in [-0.2, 0) is 15.1 Å². The van der Waals surface area contributed by atoms with Gasteiger partial charge in [-0.1, -0.05) is 33.8 Å². The second-order valence-corrected chi connectivity index (χ2v) is 7.01. The summed E-state index contributed by atoms with van der Waals surface area (Å²) >= 11 is 0. The van der Waals surface area contributed by atoms with Gasteiger partial charge in [0.05, 0.1) is 7.11 Å². The van der Waals surface area contributed by atoms with Gasteiger partial charge in [-0.15, -0.1) is 10.2 Å². The molecule has 0 fully saturated rings. The Hall–Kier alpha value is -4.10. The fourth-order valence-electron chi connectivity index (χ4n) is 3.06. The number of carbonyl (C=O) groups is 1. The number of methoxy groups -OCH3 is 1. The van der Waals surface area contributed by atoms with Crippen molar-refractivity contribution in [3.05, 3.63) is 53.8 Å². The van der Waals surface area contributed by atoms with E-state index < -0.39 is 17.4 Å². The topological polar surface area (TPSA) is 139 Å². The quantitative estimate of drug-likeness (QED) is 0.556. The van der Waals surface area contributed by atoms with E-state index in [9.17, 15) is 9.90 Å². The van der Waals surface area contributed by atoms with Crippen molar-refractivity contribution in [3.63, 3.8) is 0 Å². The Kier molecular flexibility index (Phi) is 4.96. The minimum atomic E-state index is -1.62. The zero-order valence-corrected chi connectivity index (χ0v) is 17.0. The molecule has 2 aliphatic rings. The first-order chi connectivity index (χ1) is 14.8. The zero-order valence-electron chi connectivity index (χ0n) is 17.0. The lowest BCUT2D eigenvalue weighted by Gasteiger charge is -2.09. The normalized spacial score (nSPS) is 19.0. The second kappa shape index (κ2) is 7.62. The van der Waals surface area contributed by atoms with Crippen molar-refractivity contribution < 1.29 is 23.7 Å². The number of fused-ring (bicyclic) bond motifs is 1. The van der Waals surface area contributed by atoms with E-state index in [1.54, 1.807) is 43.3 Å². The van der Waals surface area contributed by atoms with E-state index in [2.05, 4.69) is 32.1 Å². The number of nitrogens with two attached hydrogens (primary N) is 1. The maximum absolute atomic E-state index is 11.9. The van der Waals surface area contributed by atoms with E-state index in [0.29, 0.717) is 28.9 Å². The third kappa shape index (κ3) is 3.86. The zero-order chi connectivity index (χ0) is 22.2. The predicted octanol–water partition coefficient (Wildman–Crippen LogP) is 0.766. The largest absolute Gasteiger partial charge is 0.463 e. The molecule has 2 atom stereocenters. The molecule has 1 aromatic heterocycles. The van der Waals surface area contributed by atoms with Crippen LogP contribution in [0.1, 0.15) is 24.3 Å². The van der Waals surface area contributed by atoms with Gasteiger partial charge in [-0.25, -0.2) is 0 Å². The number of dihydropyridines is 1. The number of hydrogen-bond donors (Lipinski definition) is 2. The molecule has 3 heterocycles. The summed E-state index contributed by atoms with van der Waals surface area (Å²) in [5, 5.41) is 22.4. The first kappa shape index (κ1) is 20.2. The van der Waals surface area contributed by atoms with Gasteiger partial charge in [0.25, 0.3) is 11.8 Å². The molecule has 10 nitrogen and oxygen atoms in total. The van der Waals surface area contributed by atoms with E-state index in [1.165, 1.54) is 18.7 Å². The highest BCUT2D eigenvalue weighted by atomic mass is 16.5. The summed E-state index contributed by atoms with van der Waals surface area (Å²) in [6, 6.07) is 7.09. The molecule has 0 bridgehead atoms. The monoisotopic (exact) mass is 419 g/mol. The number of aliphatic imine (C=N–C) groups is 1. The molecule has 0 saturated carbocycles. The fourth-order valence-corrected chi connectivity index (χ4v) is 3.06. The minimum absolute atomic E-state index is 0.0118. The van der Waals surface area contributed by atoms with Crippen molar-refractivity contribution in [2.75, 3.05) is 7.11 Å². The van der Waals surface area contributed by atoms with Gasteiger partial charge in [-0.2, -0.15) is 0 Å². The minimum Gasteiger partial charge on any atom is -0.463 e. The van der Waals surface area contributed by atoms with Gasteiger partial charge in [-0.3, -0.25) is 4.79 Å². The number of hydrazone groups is 1. The van der Waals surface area contributed by atoms with E-state index >= 15 is 0 Å². The molecule has 31 heavy (non-hydrogen) atoms. The van der Waals surface area contributed by atoms with Crippen LogP contribution in [-0.4, -0.2) is 50.5 Å². The van der Waals surface area contributed by atoms with Gasteiger partial charge in [0.1, 0.15) is 5.92 Å². The van der Waals surface area contributed by atoms with Crippen LogP contribution in [0.5, 0.6) is 0 Å². The first-order valence-corrected chi connectivity index (χ1v) is 9.31. The third-order valence-electron chi connectivity index (χ3n) is 4.60. The van der Waals surface area contributed by atoms with E-state index in [0.717, 1.165) is 0 Å². The van der Waals surface area contributed by atoms with Crippen LogP contribution in [0, 0.1) is 24.7 Å². The Labute approximate surface area is 177 Å². The molecule has 2 aromatic rings. The maximum Gasteiger partial charge on any atom is 0.341 e. The molecule has 3 N–H and O–H groups in total. The Morgan fingerprint density at radius 1 is 1.39 bits per heavy atom. The lowest BCUT2D eigenvalue weighted by Crippen LogP contribution is -2.32. The van der Waals surface area contributed by atoms with Crippen LogP contribution in [0.4, 0.5) is 5.69 Å². The third-order valence-corrected chi connectivity index (χ3v) is 4.60. The molecule has 1 unspecified atom stereocenters. The van der Waals surface area contributed by atoms with Gasteiger partial charge in [-0.05, 0) is 24.0 Å². The van der Waals surface area contributed by atoms with Gasteiger partial charge in [0.2, 0.25) is 11.5 Å². The highest BCUT2D eigenvalue weighted by Gasteiger charge is 2.42. The molecule has 156 valence electrons. The van der Waals surface area contributed by atoms with Crippen molar-refractivity contribution in [1.29, 1.82) is 0 Å². The SMILES string of the molecule is COC1=NC2=[N+](c3cccc(C#C[C@@](C)(O)c4nnc(C)o4)c3)N=C(C(N)=O)C2C=C1. The average Bonchev–Trinajstić information content (AvgIpc) is 3.36. The number of amidine groups is 1. The lowest BCUT2D eigenvalue weighted by molar-refractivity contribution is -0.443. The Bertz CT molecular complexity index is 1260. The standard InChI is InChI=1S/C21H18N6O4/c1-12-24-25-20(31-12)21(2,29)10-9-13-5-4-6-14(11-13)27-19-15(17(26-27)18(22)28)7-8-16(23-19)30-3/h4-8,11,15,29H,1-3H3,(H-,22,28)/p+1/t15?,21-/m1/s1. The number of ether oxygens (including phenoxy) is 1. The maximum atomic E-state index is 11.9. The number of benzene rings is 1. The van der Waals surface area contributed by atoms with Crippen LogP contribution < -0.4 is 5.73 Å². The number of amides is 1. The van der Waals surface area contributed by atoms with Gasteiger partial charge in [0.15, 0.2) is 11.4 Å². The number of primary amides is 1. The lowest BCUT2D eigenvalue weighted by atomic mass is 10.00. The van der Waals surface area contributed by atoms with E-state index in [1.807, 2.05) is 0 Å². The van der Waals surface area contributed by atoms with Crippen molar-refractivity contribution >= 4 is 29.0 Å². The summed E-state index contributed by atoms with van der Waals surface area (Å²) in [5.74, 6) is 5.77. The van der Waals surface area contributed by atoms with Crippen molar-refractivity contribution in [2.45, 2.75) is 19.4 Å². The van der Waals surface area contributed by atoms with E-state index in [-0.39, 0.29) is 11.6 Å². The molecule has 10 heteroatoms. The molecular weight excluding hydrogens is 400 g/mol. The Morgan fingerprint density at radius 2 is 2.19 bits per heavy atom. The Balaban J connectivity index is 1.72. The molecule has 2 aliphatic heterocycles. The summed E-state index contributed by atoms with van der Waals surface area (Å²) in [6.45, 7) is 3.10. The number of aromatic nitrogens is 2. The first-order valence-electron chi connectivity index (χ1n) is 9.31. The van der Waals surface area contributed by atoms with Gasteiger partial charge in [0, 0.05) is 24.6 Å². The number of hydrogen-bond acceptors (Lipinski definition) is 8. The van der Waals surface area contributed by atoms with Crippen molar-refractivity contribution in [1.82, 2.24) is 10.2 Å². The van der Waals surface area contributed by atoms with Gasteiger partial charge < -0.3 is 20.0 Å². The van der Waals surface area contributed by atoms with Crippen LogP contribution in [0.15, 0.2) is 50.9 Å². The summed E-state index contributed by atoms with van der Waals surface area (Å²) in [6.07, 6.45) is 3.43. The molecule has 0 radical (unpaired) electrons. The van der Waals surface area contributed by atoms with Crippen LogP contribution in [0.3, 0.4) is 0 Å². The summed E-state index contributed by atoms with van der Waals surface area (Å²) < 4.78 is 12.0. The molecule has 4 rings (SSSR count). The molecule has 0 aliphatic carbocycles. The Morgan fingerprint density at radius 3 is 2.87 bits per heavy atom. The predicted molar refractivity (Wildman–Crippen MR) is 111 cm³/mol. The fraction of sp³-hybridized carbons (Fsp3) is 0.238. The average molecular weight is 419 g/mol. The summed E-state index contributed by atoms with van der Waals surface area (Å²) in [5.41, 5.74) is 5.27. The summed E-state index contributed by atoms with van der Waals surface area (Å²) in [4.78, 5) is 16.3. The highest BCUT2D eigenvalue weighted by molar-refractivity contribution is 6.44. The number of aliphatic hydroxyl groups is 1. The van der Waals surface area contributed by atoms with E-state index in [4.69, 9.17) is 14.9 Å². The molecule has 1 aromatic carbocycles. The number of carbonyl (C=O) groups excluding carboxylic acids is 1. The van der Waals surface area contributed by atoms with Crippen LogP contribution >= 0.6 is 0 Å². The smallest absolute Gasteiger partial charge is 0.341 e. The molecule has 0 saturated heterocycles. The van der Waals surface area contributed by atoms with Crippen LogP contribution in [0.25, 0.3) is 0 Å². The van der Waals surface area contributed by atoms with Crippen LogP contribution in [0.2, 0.25) is 0 Å². The number of aryl methyl sites for hydroxylation is 1. The second-order valence-electron chi connectivity index (χ2n) is 7.01. The molecule has 0 spiro atoms. The number of rotatable bonds is 3. The summed E-state index contributed by atoms with van der Waals surface area (Å²) in [7, 11) is 1.51.